The van der Waals surface area contributed by atoms with Crippen LogP contribution in [0.3, 0.4) is 0 Å². The Morgan fingerprint density at radius 3 is 2.59 bits per heavy atom. The lowest BCUT2D eigenvalue weighted by Crippen LogP contribution is -2.29. The maximum absolute atomic E-state index is 9.08. The number of nitrogens with two attached hydrogens (primary N) is 4. The third-order valence-corrected chi connectivity index (χ3v) is 6.89. The fourth-order valence-electron chi connectivity index (χ4n) is 3.14. The molecule has 10 nitrogen and oxygen atoms in total. The van der Waals surface area contributed by atoms with Gasteiger partial charge >= 0.3 is 0 Å². The summed E-state index contributed by atoms with van der Waals surface area (Å²) in [6.07, 6.45) is 17.4. The highest BCUT2D eigenvalue weighted by atomic mass is 32.2. The van der Waals surface area contributed by atoms with Gasteiger partial charge in [0.15, 0.2) is 0 Å². The van der Waals surface area contributed by atoms with Crippen LogP contribution in [0.15, 0.2) is 53.1 Å². The molecule has 0 aromatic carbocycles. The number of thioether (sulfide) groups is 1. The standard InChI is InChI=1S/C18H31N5O2S.C7H15N.CH3NO/c19-7-1-3-15(20)17(21)23-16(13-14-4-10-25-11-8-22-14)18(5-6-18)26-12-2-9-24;1-3-5-7-8-6-4-2;2-1-3/h1,3,7,13-14,22,24H,2,4-6,8-12,19-20H2,(H2,21,23);5,7-8H,3-4,6H2,1-2H3;1H,(H2,2,3)/b7-1+,15-3-,16-13-;7-5-;. The Labute approximate surface area is 227 Å². The average Bonchev–Trinajstić information content (AvgIpc) is 3.71. The maximum Gasteiger partial charge on any atom is 0.204 e. The third-order valence-electron chi connectivity index (χ3n) is 5.23. The van der Waals surface area contributed by atoms with Gasteiger partial charge < -0.3 is 43.4 Å². The quantitative estimate of drug-likeness (QED) is 0.0599. The van der Waals surface area contributed by atoms with Crippen molar-refractivity contribution in [2.24, 2.45) is 27.9 Å². The first-order valence-electron chi connectivity index (χ1n) is 12.9. The molecule has 11 heteroatoms. The summed E-state index contributed by atoms with van der Waals surface area (Å²) in [5, 5.41) is 15.7. The van der Waals surface area contributed by atoms with E-state index >= 15 is 0 Å². The van der Waals surface area contributed by atoms with E-state index in [0.29, 0.717) is 11.5 Å². The van der Waals surface area contributed by atoms with Crippen LogP contribution in [-0.4, -0.2) is 66.8 Å². The number of rotatable bonds is 13. The third kappa shape index (κ3) is 16.8. The number of amides is 1. The second kappa shape index (κ2) is 22.7. The molecule has 2 rings (SSSR count). The monoisotopic (exact) mass is 539 g/mol. The van der Waals surface area contributed by atoms with E-state index in [0.717, 1.165) is 69.9 Å². The zero-order chi connectivity index (χ0) is 27.8. The molecule has 0 bridgehead atoms. The summed E-state index contributed by atoms with van der Waals surface area (Å²) in [7, 11) is 0. The van der Waals surface area contributed by atoms with E-state index in [1.165, 1.54) is 12.6 Å². The number of carbonyl (C=O) groups excluding carboxylic acids is 1. The summed E-state index contributed by atoms with van der Waals surface area (Å²) >= 11 is 1.84. The first kappa shape index (κ1) is 34.5. The van der Waals surface area contributed by atoms with Crippen molar-refractivity contribution < 1.29 is 14.6 Å². The van der Waals surface area contributed by atoms with E-state index in [-0.39, 0.29) is 23.8 Å². The minimum absolute atomic E-state index is 0.0291. The van der Waals surface area contributed by atoms with Gasteiger partial charge in [0.25, 0.3) is 0 Å². The molecule has 2 fully saturated rings. The molecule has 212 valence electrons. The maximum atomic E-state index is 9.08. The molecule has 0 radical (unpaired) electrons. The van der Waals surface area contributed by atoms with Gasteiger partial charge in [-0.2, -0.15) is 0 Å². The highest BCUT2D eigenvalue weighted by molar-refractivity contribution is 8.01. The molecule has 0 aromatic rings. The normalized spacial score (nSPS) is 19.9. The van der Waals surface area contributed by atoms with Gasteiger partial charge in [0.05, 0.1) is 22.7 Å². The Kier molecular flexibility index (Phi) is 21.2. The molecular weight excluding hydrogens is 490 g/mol. The molecule has 0 spiro atoms. The second-order valence-electron chi connectivity index (χ2n) is 8.34. The van der Waals surface area contributed by atoms with Gasteiger partial charge in [-0.3, -0.25) is 4.79 Å². The zero-order valence-electron chi connectivity index (χ0n) is 22.5. The Balaban J connectivity index is 0.000000992. The van der Waals surface area contributed by atoms with E-state index < -0.39 is 0 Å². The lowest BCUT2D eigenvalue weighted by Gasteiger charge is -2.19. The van der Waals surface area contributed by atoms with Gasteiger partial charge in [-0.15, -0.1) is 11.8 Å². The Hall–Kier alpha value is -2.47. The fraction of sp³-hybridized carbons (Fsp3) is 0.615. The highest BCUT2D eigenvalue weighted by Crippen LogP contribution is 2.54. The number of ether oxygens (including phenoxy) is 1. The molecule has 37 heavy (non-hydrogen) atoms. The number of nitrogens with one attached hydrogen (secondary N) is 2. The van der Waals surface area contributed by atoms with Crippen LogP contribution in [0, 0.1) is 0 Å². The molecule has 1 unspecified atom stereocenters. The summed E-state index contributed by atoms with van der Waals surface area (Å²) in [6.45, 7) is 7.86. The topological polar surface area (TPSA) is 187 Å². The molecule has 0 aromatic heterocycles. The van der Waals surface area contributed by atoms with E-state index in [9.17, 15) is 0 Å². The number of aliphatic hydroxyl groups is 1. The van der Waals surface area contributed by atoms with Crippen LogP contribution < -0.4 is 33.6 Å². The van der Waals surface area contributed by atoms with Crippen molar-refractivity contribution >= 4 is 24.0 Å². The van der Waals surface area contributed by atoms with Crippen LogP contribution in [0.4, 0.5) is 0 Å². The summed E-state index contributed by atoms with van der Waals surface area (Å²) in [4.78, 5) is 13.3. The van der Waals surface area contributed by atoms with Crippen LogP contribution in [0.25, 0.3) is 0 Å². The number of aliphatic hydroxyl groups excluding tert-OH is 1. The molecule has 11 N–H and O–H groups in total. The number of nitrogens with zero attached hydrogens (tertiary/aromatic N) is 1. The van der Waals surface area contributed by atoms with Crippen molar-refractivity contribution in [1.82, 2.24) is 10.6 Å². The Bertz CT molecular complexity index is 742. The van der Waals surface area contributed by atoms with Gasteiger partial charge in [-0.25, -0.2) is 4.99 Å². The smallest absolute Gasteiger partial charge is 0.204 e. The molecule has 2 aliphatic rings. The largest absolute Gasteiger partial charge is 0.405 e. The average molecular weight is 540 g/mol. The number of carbonyl (C=O) groups is 1. The molecule has 1 aliphatic heterocycles. The SMILES string of the molecule is CC/C=C\NCCC.N/C=C/C=C(N)/C(N)=N\C(=C/C1CCOCCN1)C1(SCCCO)CC1.NC=O. The lowest BCUT2D eigenvalue weighted by molar-refractivity contribution is -0.106. The van der Waals surface area contributed by atoms with Crippen molar-refractivity contribution in [2.45, 2.75) is 63.2 Å². The van der Waals surface area contributed by atoms with Crippen LogP contribution in [0.1, 0.15) is 52.4 Å². The van der Waals surface area contributed by atoms with E-state index in [2.05, 4.69) is 42.4 Å². The minimum atomic E-state index is -0.0291. The zero-order valence-corrected chi connectivity index (χ0v) is 23.3. The van der Waals surface area contributed by atoms with Crippen molar-refractivity contribution in [3.8, 4) is 0 Å². The highest BCUT2D eigenvalue weighted by Gasteiger charge is 2.47. The molecule has 1 heterocycles. The van der Waals surface area contributed by atoms with E-state index in [4.69, 9.17) is 36.8 Å². The number of aliphatic imine (C=N–C) groups is 1. The van der Waals surface area contributed by atoms with Crippen LogP contribution >= 0.6 is 11.8 Å². The molecule has 1 atom stereocenters. The van der Waals surface area contributed by atoms with E-state index in [1.54, 1.807) is 12.2 Å². The summed E-state index contributed by atoms with van der Waals surface area (Å²) in [5.74, 6) is 1.19. The van der Waals surface area contributed by atoms with Gasteiger partial charge in [-0.1, -0.05) is 19.9 Å². The molecule has 1 aliphatic carbocycles. The van der Waals surface area contributed by atoms with Gasteiger partial charge in [0.1, 0.15) is 5.84 Å². The first-order chi connectivity index (χ1) is 17.9. The van der Waals surface area contributed by atoms with Gasteiger partial charge in [0.2, 0.25) is 6.41 Å². The predicted molar refractivity (Wildman–Crippen MR) is 157 cm³/mol. The Morgan fingerprint density at radius 2 is 2.00 bits per heavy atom. The lowest BCUT2D eigenvalue weighted by atomic mass is 10.1. The minimum Gasteiger partial charge on any atom is -0.405 e. The van der Waals surface area contributed by atoms with Gasteiger partial charge in [-0.05, 0) is 74.9 Å². The predicted octanol–water partition coefficient (Wildman–Crippen LogP) is 1.58. The van der Waals surface area contributed by atoms with Crippen LogP contribution in [0.2, 0.25) is 0 Å². The van der Waals surface area contributed by atoms with Crippen molar-refractivity contribution in [1.29, 1.82) is 0 Å². The van der Waals surface area contributed by atoms with Crippen molar-refractivity contribution in [3.05, 3.63) is 48.1 Å². The van der Waals surface area contributed by atoms with E-state index in [1.807, 2.05) is 18.0 Å². The number of hydrogen-bond acceptors (Lipinski definition) is 9. The number of allylic oxidation sites excluding steroid dienone is 3. The summed E-state index contributed by atoms with van der Waals surface area (Å²) < 4.78 is 5.49. The number of amidine groups is 1. The summed E-state index contributed by atoms with van der Waals surface area (Å²) in [5.41, 5.74) is 23.0. The number of hydrogen-bond donors (Lipinski definition) is 7. The van der Waals surface area contributed by atoms with Crippen molar-refractivity contribution in [2.75, 3.05) is 38.7 Å². The first-order valence-corrected chi connectivity index (χ1v) is 13.9. The molecule has 1 saturated heterocycles. The van der Waals surface area contributed by atoms with Crippen LogP contribution in [-0.2, 0) is 9.53 Å². The fourth-order valence-corrected chi connectivity index (χ4v) is 4.46. The van der Waals surface area contributed by atoms with Gasteiger partial charge in [0, 0.05) is 32.3 Å². The number of primary amides is 1. The second-order valence-corrected chi connectivity index (χ2v) is 9.82. The molecule has 1 saturated carbocycles. The summed E-state index contributed by atoms with van der Waals surface area (Å²) in [6, 6.07) is 0.203. The molecular formula is C26H49N7O3S. The van der Waals surface area contributed by atoms with Crippen LogP contribution in [0.5, 0.6) is 0 Å². The Morgan fingerprint density at radius 1 is 1.27 bits per heavy atom. The molecule has 1 amide bonds. The van der Waals surface area contributed by atoms with Crippen molar-refractivity contribution in [3.63, 3.8) is 0 Å².